The number of hydrogen-bond donors (Lipinski definition) is 0. The van der Waals surface area contributed by atoms with E-state index in [1.807, 2.05) is 4.90 Å². The number of alkyl halides is 5. The number of anilines is 2. The molecule has 180 valence electrons. The zero-order valence-electron chi connectivity index (χ0n) is 17.8. The minimum atomic E-state index is -4.52. The molecule has 0 N–H and O–H groups in total. The number of rotatable bonds is 4. The van der Waals surface area contributed by atoms with E-state index in [0.717, 1.165) is 23.0 Å². The lowest BCUT2D eigenvalue weighted by molar-refractivity contribution is -0.137. The summed E-state index contributed by atoms with van der Waals surface area (Å²) in [5.41, 5.74) is -0.529. The van der Waals surface area contributed by atoms with Crippen molar-refractivity contribution in [1.82, 2.24) is 24.7 Å². The number of pyridine rings is 1. The average Bonchev–Trinajstić information content (AvgIpc) is 3.33. The number of hydrogen-bond acceptors (Lipinski definition) is 6. The Hall–Kier alpha value is -3.38. The van der Waals surface area contributed by atoms with Crippen LogP contribution in [0.15, 0.2) is 30.7 Å². The largest absolute Gasteiger partial charge is 0.416 e. The molecule has 3 aromatic rings. The molecule has 0 radical (unpaired) electrons. The molecule has 0 unspecified atom stereocenters. The maximum absolute atomic E-state index is 13.1. The predicted molar refractivity (Wildman–Crippen MR) is 111 cm³/mol. The summed E-state index contributed by atoms with van der Waals surface area (Å²) in [6.07, 6.45) is -1.62. The number of carbonyl (C=O) groups is 1. The monoisotopic (exact) mass is 481 g/mol. The van der Waals surface area contributed by atoms with Gasteiger partial charge in [0.25, 0.3) is 6.43 Å². The van der Waals surface area contributed by atoms with E-state index in [2.05, 4.69) is 20.1 Å². The van der Waals surface area contributed by atoms with Gasteiger partial charge in [-0.2, -0.15) is 18.3 Å². The molecule has 2 saturated heterocycles. The molecule has 2 aliphatic rings. The summed E-state index contributed by atoms with van der Waals surface area (Å²) in [7, 11) is 0. The van der Waals surface area contributed by atoms with Crippen LogP contribution in [0.1, 0.15) is 24.8 Å². The third kappa shape index (κ3) is 4.14. The summed E-state index contributed by atoms with van der Waals surface area (Å²) in [4.78, 5) is 28.7. The van der Waals surface area contributed by atoms with Gasteiger partial charge in [0.1, 0.15) is 23.7 Å². The second-order valence-electron chi connectivity index (χ2n) is 8.70. The molecule has 2 fully saturated rings. The molecule has 34 heavy (non-hydrogen) atoms. The van der Waals surface area contributed by atoms with Crippen LogP contribution in [-0.2, 0) is 17.5 Å². The topological polar surface area (TPSA) is 80.0 Å². The molecule has 0 atom stereocenters. The fourth-order valence-corrected chi connectivity index (χ4v) is 4.65. The number of carbonyl (C=O) groups excluding carboxylic acids is 1. The summed E-state index contributed by atoms with van der Waals surface area (Å²) in [6, 6.07) is 1.78. The number of halogens is 5. The molecular weight excluding hydrogens is 461 g/mol. The SMILES string of the molecule is O=C1CC2(CCN(c3cnc4cnn(CC(F)F)c4n3)CC2)CN1c1cc(C(F)(F)F)ccn1. The van der Waals surface area contributed by atoms with Crippen molar-refractivity contribution >= 4 is 28.7 Å². The highest BCUT2D eigenvalue weighted by Crippen LogP contribution is 2.43. The van der Waals surface area contributed by atoms with E-state index in [9.17, 15) is 26.7 Å². The summed E-state index contributed by atoms with van der Waals surface area (Å²) in [5.74, 6) is 0.277. The molecule has 2 aliphatic heterocycles. The highest BCUT2D eigenvalue weighted by atomic mass is 19.4. The van der Waals surface area contributed by atoms with Crippen LogP contribution in [0.5, 0.6) is 0 Å². The first-order valence-corrected chi connectivity index (χ1v) is 10.7. The van der Waals surface area contributed by atoms with Crippen LogP contribution < -0.4 is 9.80 Å². The van der Waals surface area contributed by atoms with Crippen LogP contribution in [0.2, 0.25) is 0 Å². The van der Waals surface area contributed by atoms with Crippen molar-refractivity contribution in [1.29, 1.82) is 0 Å². The fourth-order valence-electron chi connectivity index (χ4n) is 4.65. The van der Waals surface area contributed by atoms with E-state index < -0.39 is 24.7 Å². The summed E-state index contributed by atoms with van der Waals surface area (Å²) >= 11 is 0. The first kappa shape index (κ1) is 22.4. The number of fused-ring (bicyclic) bond motifs is 1. The molecule has 0 bridgehead atoms. The summed E-state index contributed by atoms with van der Waals surface area (Å²) in [6.45, 7) is 0.798. The Morgan fingerprint density at radius 2 is 1.85 bits per heavy atom. The first-order chi connectivity index (χ1) is 16.1. The van der Waals surface area contributed by atoms with Crippen LogP contribution in [0.25, 0.3) is 11.2 Å². The third-order valence-corrected chi connectivity index (χ3v) is 6.46. The van der Waals surface area contributed by atoms with Gasteiger partial charge in [0, 0.05) is 37.7 Å². The van der Waals surface area contributed by atoms with E-state index >= 15 is 0 Å². The number of nitrogens with zero attached hydrogens (tertiary/aromatic N) is 7. The Morgan fingerprint density at radius 1 is 1.09 bits per heavy atom. The summed E-state index contributed by atoms with van der Waals surface area (Å²) in [5, 5.41) is 3.92. The maximum atomic E-state index is 13.1. The van der Waals surface area contributed by atoms with Gasteiger partial charge in [-0.1, -0.05) is 0 Å². The molecule has 1 spiro atoms. The van der Waals surface area contributed by atoms with Crippen molar-refractivity contribution in [3.63, 3.8) is 0 Å². The molecule has 0 aromatic carbocycles. The van der Waals surface area contributed by atoms with Crippen molar-refractivity contribution in [2.75, 3.05) is 29.4 Å². The van der Waals surface area contributed by atoms with Crippen molar-refractivity contribution in [3.8, 4) is 0 Å². The van der Waals surface area contributed by atoms with E-state index in [1.165, 1.54) is 11.1 Å². The van der Waals surface area contributed by atoms with Crippen molar-refractivity contribution < 1.29 is 26.7 Å². The van der Waals surface area contributed by atoms with E-state index in [1.54, 1.807) is 6.20 Å². The Balaban J connectivity index is 1.30. The molecule has 13 heteroatoms. The maximum Gasteiger partial charge on any atom is 0.416 e. The second kappa shape index (κ2) is 8.13. The molecule has 5 heterocycles. The molecule has 1 amide bonds. The van der Waals surface area contributed by atoms with Crippen LogP contribution in [0.4, 0.5) is 33.6 Å². The Kier molecular flexibility index (Phi) is 5.36. The fraction of sp³-hybridized carbons (Fsp3) is 0.476. The van der Waals surface area contributed by atoms with Gasteiger partial charge in [-0.3, -0.25) is 9.69 Å². The Bertz CT molecular complexity index is 1220. The lowest BCUT2D eigenvalue weighted by Crippen LogP contribution is -2.42. The van der Waals surface area contributed by atoms with E-state index in [-0.39, 0.29) is 29.2 Å². The van der Waals surface area contributed by atoms with Gasteiger partial charge in [0.05, 0.1) is 18.0 Å². The normalized spacial score (nSPS) is 18.6. The zero-order chi connectivity index (χ0) is 24.1. The quantitative estimate of drug-likeness (QED) is 0.531. The van der Waals surface area contributed by atoms with Gasteiger partial charge in [0.2, 0.25) is 5.91 Å². The van der Waals surface area contributed by atoms with Crippen LogP contribution in [-0.4, -0.2) is 56.7 Å². The molecule has 0 aliphatic carbocycles. The third-order valence-electron chi connectivity index (χ3n) is 6.46. The zero-order valence-corrected chi connectivity index (χ0v) is 17.8. The van der Waals surface area contributed by atoms with E-state index in [0.29, 0.717) is 43.8 Å². The smallest absolute Gasteiger partial charge is 0.355 e. The van der Waals surface area contributed by atoms with Gasteiger partial charge in [-0.15, -0.1) is 0 Å². The minimum Gasteiger partial charge on any atom is -0.355 e. The van der Waals surface area contributed by atoms with Gasteiger partial charge in [-0.25, -0.2) is 28.4 Å². The predicted octanol–water partition coefficient (Wildman–Crippen LogP) is 3.53. The van der Waals surface area contributed by atoms with Crippen molar-refractivity contribution in [2.45, 2.75) is 38.4 Å². The molecule has 0 saturated carbocycles. The van der Waals surface area contributed by atoms with Gasteiger partial charge in [0.15, 0.2) is 5.65 Å². The Morgan fingerprint density at radius 3 is 2.56 bits per heavy atom. The van der Waals surface area contributed by atoms with Crippen molar-refractivity contribution in [2.24, 2.45) is 5.41 Å². The van der Waals surface area contributed by atoms with Gasteiger partial charge >= 0.3 is 6.18 Å². The molecule has 3 aromatic heterocycles. The molecule has 5 rings (SSSR count). The van der Waals surface area contributed by atoms with Crippen LogP contribution in [0.3, 0.4) is 0 Å². The molecule has 8 nitrogen and oxygen atoms in total. The van der Waals surface area contributed by atoms with Crippen LogP contribution >= 0.6 is 0 Å². The number of piperidine rings is 1. The number of aromatic nitrogens is 5. The van der Waals surface area contributed by atoms with Crippen LogP contribution in [0, 0.1) is 5.41 Å². The highest BCUT2D eigenvalue weighted by Gasteiger charge is 2.46. The highest BCUT2D eigenvalue weighted by molar-refractivity contribution is 5.95. The standard InChI is InChI=1S/C21H20F5N7O/c22-15(23)11-33-19-14(9-29-33)28-10-17(30-19)31-5-2-20(3-6-31)8-18(34)32(12-20)16-7-13(1-4-27-16)21(24,25)26/h1,4,7,9-10,15H,2-3,5-6,8,11-12H2. The Labute approximate surface area is 190 Å². The average molecular weight is 481 g/mol. The van der Waals surface area contributed by atoms with E-state index in [4.69, 9.17) is 0 Å². The molecular formula is C21H20F5N7O. The minimum absolute atomic E-state index is 0.00254. The lowest BCUT2D eigenvalue weighted by Gasteiger charge is -2.39. The second-order valence-corrected chi connectivity index (χ2v) is 8.70. The van der Waals surface area contributed by atoms with Gasteiger partial charge < -0.3 is 4.90 Å². The summed E-state index contributed by atoms with van der Waals surface area (Å²) < 4.78 is 66.0. The lowest BCUT2D eigenvalue weighted by atomic mass is 9.77. The van der Waals surface area contributed by atoms with Crippen molar-refractivity contribution in [3.05, 3.63) is 36.3 Å². The number of amides is 1. The van der Waals surface area contributed by atoms with Gasteiger partial charge in [-0.05, 0) is 25.0 Å². The first-order valence-electron chi connectivity index (χ1n) is 10.7.